The number of methoxy groups -OCH3 is 1. The highest BCUT2D eigenvalue weighted by atomic mass is 19.2. The zero-order chi connectivity index (χ0) is 23.1. The van der Waals surface area contributed by atoms with E-state index < -0.39 is 23.6 Å². The first kappa shape index (κ1) is 20.7. The Hall–Kier alpha value is -4.14. The van der Waals surface area contributed by atoms with Crippen LogP contribution in [0.15, 0.2) is 54.9 Å². The molecule has 9 heteroatoms. The smallest absolute Gasteiger partial charge is 0.240 e. The fourth-order valence-corrected chi connectivity index (χ4v) is 3.96. The van der Waals surface area contributed by atoms with E-state index in [0.29, 0.717) is 58.0 Å². The zero-order valence-corrected chi connectivity index (χ0v) is 17.6. The number of fused-ring (bicyclic) bond motifs is 1. The number of benzene rings is 2. The third-order valence-electron chi connectivity index (χ3n) is 5.76. The third-order valence-corrected chi connectivity index (χ3v) is 5.76. The van der Waals surface area contributed by atoms with Crippen molar-refractivity contribution in [2.45, 2.75) is 12.5 Å². The molecule has 2 N–H and O–H groups in total. The van der Waals surface area contributed by atoms with E-state index in [1.165, 1.54) is 13.2 Å². The Labute approximate surface area is 187 Å². The standard InChI is InChI=1S/C24H19F2N5O2/c1-33-20-11-15(13-4-5-17(25)18(26)10-13)9-16-21(20)29-23(14-3-2-7-28-12-14)30-24(16)31-8-6-19(31)22(27)32/h2-5,7,9-12,19H,6,8H2,1H3,(H2,27,32). The molecule has 166 valence electrons. The van der Waals surface area contributed by atoms with Gasteiger partial charge < -0.3 is 15.4 Å². The van der Waals surface area contributed by atoms with Crippen molar-refractivity contribution in [2.24, 2.45) is 5.73 Å². The summed E-state index contributed by atoms with van der Waals surface area (Å²) in [7, 11) is 1.51. The van der Waals surface area contributed by atoms with E-state index >= 15 is 0 Å². The van der Waals surface area contributed by atoms with Crippen molar-refractivity contribution in [3.05, 3.63) is 66.5 Å². The highest BCUT2D eigenvalue weighted by molar-refractivity contribution is 6.00. The molecule has 33 heavy (non-hydrogen) atoms. The van der Waals surface area contributed by atoms with Crippen LogP contribution in [0.3, 0.4) is 0 Å². The summed E-state index contributed by atoms with van der Waals surface area (Å²) in [6, 6.07) is 10.3. The van der Waals surface area contributed by atoms with Gasteiger partial charge in [0.15, 0.2) is 17.5 Å². The molecule has 0 spiro atoms. The predicted octanol–water partition coefficient (Wildman–Crippen LogP) is 3.71. The molecule has 0 bridgehead atoms. The zero-order valence-electron chi connectivity index (χ0n) is 17.6. The number of pyridine rings is 1. The highest BCUT2D eigenvalue weighted by Crippen LogP contribution is 2.39. The van der Waals surface area contributed by atoms with E-state index in [0.717, 1.165) is 12.1 Å². The molecule has 0 saturated carbocycles. The fourth-order valence-electron chi connectivity index (χ4n) is 3.96. The van der Waals surface area contributed by atoms with Crippen molar-refractivity contribution in [3.63, 3.8) is 0 Å². The quantitative estimate of drug-likeness (QED) is 0.501. The Morgan fingerprint density at radius 3 is 2.58 bits per heavy atom. The lowest BCUT2D eigenvalue weighted by atomic mass is 9.99. The Morgan fingerprint density at radius 1 is 1.09 bits per heavy atom. The number of rotatable bonds is 5. The van der Waals surface area contributed by atoms with Crippen molar-refractivity contribution in [1.82, 2.24) is 15.0 Å². The maximum absolute atomic E-state index is 13.9. The van der Waals surface area contributed by atoms with Gasteiger partial charge in [-0.05, 0) is 53.9 Å². The molecule has 3 heterocycles. The number of primary amides is 1. The average Bonchev–Trinajstić information content (AvgIpc) is 2.79. The fraction of sp³-hybridized carbons (Fsp3) is 0.167. The van der Waals surface area contributed by atoms with Gasteiger partial charge in [0.1, 0.15) is 23.1 Å². The van der Waals surface area contributed by atoms with Gasteiger partial charge in [0.25, 0.3) is 0 Å². The van der Waals surface area contributed by atoms with Crippen LogP contribution >= 0.6 is 0 Å². The van der Waals surface area contributed by atoms with Gasteiger partial charge in [-0.25, -0.2) is 18.7 Å². The van der Waals surface area contributed by atoms with E-state index in [1.807, 2.05) is 11.0 Å². The Morgan fingerprint density at radius 2 is 1.94 bits per heavy atom. The third kappa shape index (κ3) is 3.61. The summed E-state index contributed by atoms with van der Waals surface area (Å²) in [6.07, 6.45) is 3.91. The molecule has 1 atom stereocenters. The number of halogens is 2. The van der Waals surface area contributed by atoms with Crippen molar-refractivity contribution in [2.75, 3.05) is 18.6 Å². The van der Waals surface area contributed by atoms with Crippen LogP contribution in [-0.4, -0.2) is 40.6 Å². The first-order chi connectivity index (χ1) is 16.0. The van der Waals surface area contributed by atoms with Gasteiger partial charge in [-0.1, -0.05) is 6.07 Å². The lowest BCUT2D eigenvalue weighted by molar-refractivity contribution is -0.120. The van der Waals surface area contributed by atoms with Crippen LogP contribution in [0, 0.1) is 11.6 Å². The molecule has 0 radical (unpaired) electrons. The summed E-state index contributed by atoms with van der Waals surface area (Å²) in [5.74, 6) is -0.971. The number of hydrogen-bond donors (Lipinski definition) is 1. The number of nitrogens with two attached hydrogens (primary N) is 1. The molecule has 1 aliphatic heterocycles. The van der Waals surface area contributed by atoms with E-state index in [-0.39, 0.29) is 0 Å². The topological polar surface area (TPSA) is 94.2 Å². The second-order valence-corrected chi connectivity index (χ2v) is 7.72. The number of hydrogen-bond acceptors (Lipinski definition) is 6. The van der Waals surface area contributed by atoms with Crippen LogP contribution in [0.4, 0.5) is 14.6 Å². The minimum Gasteiger partial charge on any atom is -0.494 e. The van der Waals surface area contributed by atoms with Crippen LogP contribution in [0.1, 0.15) is 6.42 Å². The van der Waals surface area contributed by atoms with Gasteiger partial charge >= 0.3 is 0 Å². The van der Waals surface area contributed by atoms with Crippen LogP contribution in [0.25, 0.3) is 33.4 Å². The molecule has 1 saturated heterocycles. The number of ether oxygens (including phenoxy) is 1. The first-order valence-corrected chi connectivity index (χ1v) is 10.3. The monoisotopic (exact) mass is 447 g/mol. The van der Waals surface area contributed by atoms with Gasteiger partial charge in [0, 0.05) is 29.9 Å². The average molecular weight is 447 g/mol. The number of nitrogens with zero attached hydrogens (tertiary/aromatic N) is 4. The molecular formula is C24H19F2N5O2. The maximum Gasteiger partial charge on any atom is 0.240 e. The first-order valence-electron chi connectivity index (χ1n) is 10.3. The van der Waals surface area contributed by atoms with Crippen molar-refractivity contribution in [3.8, 4) is 28.3 Å². The lowest BCUT2D eigenvalue weighted by Crippen LogP contribution is -2.55. The molecule has 1 fully saturated rings. The summed E-state index contributed by atoms with van der Waals surface area (Å²) in [4.78, 5) is 27.4. The van der Waals surface area contributed by atoms with Crippen molar-refractivity contribution in [1.29, 1.82) is 0 Å². The molecule has 1 unspecified atom stereocenters. The second kappa shape index (κ2) is 8.09. The highest BCUT2D eigenvalue weighted by Gasteiger charge is 2.35. The summed E-state index contributed by atoms with van der Waals surface area (Å²) in [6.45, 7) is 0.587. The van der Waals surface area contributed by atoms with Crippen LogP contribution in [0.2, 0.25) is 0 Å². The Bertz CT molecular complexity index is 1380. The van der Waals surface area contributed by atoms with Gasteiger partial charge in [-0.3, -0.25) is 9.78 Å². The van der Waals surface area contributed by atoms with E-state index in [9.17, 15) is 13.6 Å². The number of carbonyl (C=O) groups excluding carboxylic acids is 1. The summed E-state index contributed by atoms with van der Waals surface area (Å²) in [5, 5.41) is 0.604. The van der Waals surface area contributed by atoms with E-state index in [1.54, 1.807) is 30.6 Å². The minimum absolute atomic E-state index is 0.416. The summed E-state index contributed by atoms with van der Waals surface area (Å²) in [5.41, 5.74) is 7.86. The lowest BCUT2D eigenvalue weighted by Gasteiger charge is -2.40. The molecule has 4 aromatic rings. The molecule has 0 aliphatic carbocycles. The number of amides is 1. The number of anilines is 1. The second-order valence-electron chi connectivity index (χ2n) is 7.72. The normalized spacial score (nSPS) is 15.4. The predicted molar refractivity (Wildman–Crippen MR) is 120 cm³/mol. The van der Waals surface area contributed by atoms with Gasteiger partial charge in [0.05, 0.1) is 7.11 Å². The largest absolute Gasteiger partial charge is 0.494 e. The van der Waals surface area contributed by atoms with Crippen molar-refractivity contribution >= 4 is 22.6 Å². The maximum atomic E-state index is 13.9. The summed E-state index contributed by atoms with van der Waals surface area (Å²) >= 11 is 0. The van der Waals surface area contributed by atoms with Gasteiger partial charge in [-0.15, -0.1) is 0 Å². The summed E-state index contributed by atoms with van der Waals surface area (Å²) < 4.78 is 33.0. The molecule has 7 nitrogen and oxygen atoms in total. The van der Waals surface area contributed by atoms with Crippen LogP contribution in [0.5, 0.6) is 5.75 Å². The molecule has 5 rings (SSSR count). The van der Waals surface area contributed by atoms with Gasteiger partial charge in [0.2, 0.25) is 5.91 Å². The van der Waals surface area contributed by atoms with E-state index in [2.05, 4.69) is 4.98 Å². The SMILES string of the molecule is COc1cc(-c2ccc(F)c(F)c2)cc2c(N3CCC3C(N)=O)nc(-c3cccnc3)nc12. The Balaban J connectivity index is 1.77. The van der Waals surface area contributed by atoms with Crippen LogP contribution < -0.4 is 15.4 Å². The number of carbonyl (C=O) groups is 1. The molecule has 2 aromatic heterocycles. The minimum atomic E-state index is -0.952. The van der Waals surface area contributed by atoms with Gasteiger partial charge in [-0.2, -0.15) is 0 Å². The Kier molecular flexibility index (Phi) is 5.08. The molecule has 2 aromatic carbocycles. The number of aromatic nitrogens is 3. The molecule has 1 aliphatic rings. The van der Waals surface area contributed by atoms with Crippen LogP contribution in [-0.2, 0) is 4.79 Å². The molecule has 1 amide bonds. The van der Waals surface area contributed by atoms with Crippen molar-refractivity contribution < 1.29 is 18.3 Å². The molecular weight excluding hydrogens is 428 g/mol. The van der Waals surface area contributed by atoms with E-state index in [4.69, 9.17) is 20.4 Å².